The van der Waals surface area contributed by atoms with Gasteiger partial charge in [-0.15, -0.1) is 6.42 Å². The molecule has 0 saturated carbocycles. The Kier molecular flexibility index (Phi) is 3.97. The summed E-state index contributed by atoms with van der Waals surface area (Å²) in [6.07, 6.45) is 0.449. The molecule has 23 heavy (non-hydrogen) atoms. The second kappa shape index (κ2) is 5.56. The van der Waals surface area contributed by atoms with Gasteiger partial charge < -0.3 is 14.0 Å². The Balaban J connectivity index is 2.32. The Bertz CT molecular complexity index is 805. The third-order valence-corrected chi connectivity index (χ3v) is 4.12. The smallest absolute Gasteiger partial charge is 0.334 e. The van der Waals surface area contributed by atoms with Gasteiger partial charge in [0.05, 0.1) is 40.8 Å². The quantitative estimate of drug-likeness (QED) is 0.761. The molecule has 122 valence electrons. The number of hydrogen-bond donors (Lipinski definition) is 0. The van der Waals surface area contributed by atoms with Crippen LogP contribution in [-0.4, -0.2) is 28.9 Å². The van der Waals surface area contributed by atoms with Gasteiger partial charge in [0, 0.05) is 0 Å². The van der Waals surface area contributed by atoms with Gasteiger partial charge in [0.25, 0.3) is 0 Å². The summed E-state index contributed by atoms with van der Waals surface area (Å²) >= 11 is 11.8. The highest BCUT2D eigenvalue weighted by atomic mass is 35.5. The van der Waals surface area contributed by atoms with Crippen LogP contribution in [-0.2, 0) is 21.8 Å². The number of rotatable bonds is 2. The van der Waals surface area contributed by atoms with Crippen LogP contribution in [0.25, 0.3) is 11.0 Å². The summed E-state index contributed by atoms with van der Waals surface area (Å²) in [6.45, 7) is -0.574. The molecule has 0 bridgehead atoms. The summed E-state index contributed by atoms with van der Waals surface area (Å²) in [5.41, 5.74) is 0.530. The Labute approximate surface area is 139 Å². The number of imidazole rings is 1. The summed E-state index contributed by atoms with van der Waals surface area (Å²) in [5, 5.41) is 0.351. The van der Waals surface area contributed by atoms with Crippen LogP contribution >= 0.6 is 23.2 Å². The molecule has 1 aromatic heterocycles. The zero-order chi connectivity index (χ0) is 16.8. The zero-order valence-electron chi connectivity index (χ0n) is 11.5. The number of benzene rings is 1. The van der Waals surface area contributed by atoms with Crippen molar-refractivity contribution < 1.29 is 22.6 Å². The van der Waals surface area contributed by atoms with Crippen molar-refractivity contribution in [1.29, 1.82) is 0 Å². The predicted molar refractivity (Wildman–Crippen MR) is 78.2 cm³/mol. The van der Waals surface area contributed by atoms with Gasteiger partial charge in [0.1, 0.15) is 0 Å². The van der Waals surface area contributed by atoms with Crippen LogP contribution < -0.4 is 0 Å². The molecule has 0 unspecified atom stereocenters. The molecule has 1 aliphatic heterocycles. The van der Waals surface area contributed by atoms with Gasteiger partial charge in [-0.2, -0.15) is 13.2 Å². The highest BCUT2D eigenvalue weighted by Gasteiger charge is 2.64. The number of hydrogen-bond acceptors (Lipinski definition) is 3. The second-order valence-corrected chi connectivity index (χ2v) is 5.61. The Morgan fingerprint density at radius 2 is 1.87 bits per heavy atom. The Hall–Kier alpha value is -1.46. The lowest BCUT2D eigenvalue weighted by Gasteiger charge is -2.28. The average molecular weight is 365 g/mol. The fraction of sp³-hybridized carbons (Fsp3) is 0.357. The maximum absolute atomic E-state index is 13.6. The van der Waals surface area contributed by atoms with Gasteiger partial charge in [-0.25, -0.2) is 4.98 Å². The molecule has 2 aromatic rings. The van der Waals surface area contributed by atoms with E-state index in [0.29, 0.717) is 5.52 Å². The van der Waals surface area contributed by atoms with Crippen molar-refractivity contribution in [3.8, 4) is 12.3 Å². The zero-order valence-corrected chi connectivity index (χ0v) is 13.0. The van der Waals surface area contributed by atoms with E-state index in [4.69, 9.17) is 39.1 Å². The van der Waals surface area contributed by atoms with Crippen LogP contribution in [0.4, 0.5) is 13.2 Å². The molecular weight excluding hydrogens is 356 g/mol. The minimum Gasteiger partial charge on any atom is -0.334 e. The number of aromatic nitrogens is 2. The van der Waals surface area contributed by atoms with E-state index in [1.54, 1.807) is 0 Å². The van der Waals surface area contributed by atoms with Gasteiger partial charge in [-0.3, -0.25) is 0 Å². The average Bonchev–Trinajstić information content (AvgIpc) is 3.06. The van der Waals surface area contributed by atoms with E-state index in [9.17, 15) is 13.2 Å². The number of fused-ring (bicyclic) bond motifs is 1. The van der Waals surface area contributed by atoms with Gasteiger partial charge >= 0.3 is 12.0 Å². The summed E-state index contributed by atoms with van der Waals surface area (Å²) < 4.78 is 51.8. The monoisotopic (exact) mass is 364 g/mol. The molecule has 9 heteroatoms. The normalized spacial score (nSPS) is 17.6. The Morgan fingerprint density at radius 1 is 1.26 bits per heavy atom. The first kappa shape index (κ1) is 16.4. The lowest BCUT2D eigenvalue weighted by Crippen LogP contribution is -2.45. The molecule has 0 radical (unpaired) electrons. The number of nitrogens with zero attached hydrogens (tertiary/aromatic N) is 2. The number of halogens is 5. The standard InChI is InChI=1S/C14H9Cl2F3N2O2/c1-2-3-21-11-7-9(16)8(15)6-10(11)20-12(21)13(14(17,18)19)22-4-5-23-13/h1,6-7H,3-5H2. The predicted octanol–water partition coefficient (Wildman–Crippen LogP) is 3.74. The third-order valence-electron chi connectivity index (χ3n) is 3.40. The van der Waals surface area contributed by atoms with Crippen LogP contribution in [0.2, 0.25) is 10.0 Å². The van der Waals surface area contributed by atoms with Crippen molar-refractivity contribution in [2.75, 3.05) is 13.2 Å². The van der Waals surface area contributed by atoms with E-state index in [-0.39, 0.29) is 35.3 Å². The molecule has 0 amide bonds. The summed E-state index contributed by atoms with van der Waals surface area (Å²) in [6, 6.07) is 2.78. The van der Waals surface area contributed by atoms with E-state index in [1.165, 1.54) is 16.7 Å². The molecule has 4 nitrogen and oxygen atoms in total. The lowest BCUT2D eigenvalue weighted by atomic mass is 10.2. The Morgan fingerprint density at radius 3 is 2.43 bits per heavy atom. The van der Waals surface area contributed by atoms with Crippen LogP contribution in [0.3, 0.4) is 0 Å². The van der Waals surface area contributed by atoms with Crippen molar-refractivity contribution in [3.63, 3.8) is 0 Å². The minimum absolute atomic E-state index is 0.158. The number of ether oxygens (including phenoxy) is 2. The van der Waals surface area contributed by atoms with Gasteiger partial charge in [-0.05, 0) is 12.1 Å². The van der Waals surface area contributed by atoms with Crippen LogP contribution in [0.5, 0.6) is 0 Å². The maximum atomic E-state index is 13.6. The van der Waals surface area contributed by atoms with E-state index in [0.717, 1.165) is 0 Å². The van der Waals surface area contributed by atoms with Crippen molar-refractivity contribution in [2.24, 2.45) is 0 Å². The number of alkyl halides is 3. The fourth-order valence-corrected chi connectivity index (χ4v) is 2.77. The highest BCUT2D eigenvalue weighted by Crippen LogP contribution is 2.46. The molecular formula is C14H9Cl2F3N2O2. The van der Waals surface area contributed by atoms with Crippen molar-refractivity contribution in [1.82, 2.24) is 9.55 Å². The van der Waals surface area contributed by atoms with Crippen LogP contribution in [0, 0.1) is 12.3 Å². The first-order chi connectivity index (χ1) is 10.8. The second-order valence-electron chi connectivity index (χ2n) is 4.79. The fourth-order valence-electron chi connectivity index (χ4n) is 2.45. The molecule has 1 fully saturated rings. The van der Waals surface area contributed by atoms with Crippen molar-refractivity contribution in [2.45, 2.75) is 18.5 Å². The van der Waals surface area contributed by atoms with Crippen molar-refractivity contribution in [3.05, 3.63) is 28.0 Å². The lowest BCUT2D eigenvalue weighted by molar-refractivity contribution is -0.356. The molecule has 0 aliphatic carbocycles. The molecule has 0 N–H and O–H groups in total. The van der Waals surface area contributed by atoms with Gasteiger partial charge in [0.15, 0.2) is 5.82 Å². The summed E-state index contributed by atoms with van der Waals surface area (Å²) in [4.78, 5) is 4.01. The summed E-state index contributed by atoms with van der Waals surface area (Å²) in [7, 11) is 0. The molecule has 3 rings (SSSR count). The molecule has 2 heterocycles. The molecule has 0 atom stereocenters. The first-order valence-corrected chi connectivity index (χ1v) is 7.19. The van der Waals surface area contributed by atoms with E-state index >= 15 is 0 Å². The summed E-state index contributed by atoms with van der Waals surface area (Å²) in [5.74, 6) is -1.14. The van der Waals surface area contributed by atoms with E-state index < -0.39 is 17.8 Å². The van der Waals surface area contributed by atoms with Gasteiger partial charge in [-0.1, -0.05) is 29.1 Å². The molecule has 0 spiro atoms. The van der Waals surface area contributed by atoms with Crippen LogP contribution in [0.1, 0.15) is 5.82 Å². The minimum atomic E-state index is -4.83. The topological polar surface area (TPSA) is 36.3 Å². The number of terminal acetylenes is 1. The highest BCUT2D eigenvalue weighted by molar-refractivity contribution is 6.42. The largest absolute Gasteiger partial charge is 0.451 e. The van der Waals surface area contributed by atoms with Gasteiger partial charge in [0.2, 0.25) is 0 Å². The molecule has 1 saturated heterocycles. The SMILES string of the molecule is C#CCn1c(C2(C(F)(F)F)OCCO2)nc2cc(Cl)c(Cl)cc21. The van der Waals surface area contributed by atoms with E-state index in [1.807, 2.05) is 0 Å². The van der Waals surface area contributed by atoms with Crippen molar-refractivity contribution >= 4 is 34.2 Å². The van der Waals surface area contributed by atoms with E-state index in [2.05, 4.69) is 10.9 Å². The first-order valence-electron chi connectivity index (χ1n) is 6.44. The molecule has 1 aromatic carbocycles. The van der Waals surface area contributed by atoms with Crippen LogP contribution in [0.15, 0.2) is 12.1 Å². The third kappa shape index (κ3) is 2.46. The molecule has 1 aliphatic rings. The maximum Gasteiger partial charge on any atom is 0.451 e.